The maximum Gasteiger partial charge on any atom is 0.338 e. The standard InChI is InChI=1S/C14H10F2IN3O2S/c1-7-6-8(17)2-5-11(7)18-13-9(3-4-10(15)12(13)16)14-19-22-23(21)20-14/h2-6,18H,1H3,(H,19,20). The molecule has 0 fully saturated rings. The molecule has 1 atom stereocenters. The molecule has 120 valence electrons. The lowest BCUT2D eigenvalue weighted by molar-refractivity contribution is 0.385. The highest BCUT2D eigenvalue weighted by molar-refractivity contribution is 14.1. The third kappa shape index (κ3) is 3.29. The van der Waals surface area contributed by atoms with Gasteiger partial charge in [0, 0.05) is 14.8 Å². The van der Waals surface area contributed by atoms with Gasteiger partial charge in [0.25, 0.3) is 0 Å². The number of nitrogens with zero attached hydrogens (tertiary/aromatic N) is 1. The van der Waals surface area contributed by atoms with Crippen LogP contribution in [0.2, 0.25) is 0 Å². The Bertz CT molecular complexity index is 845. The summed E-state index contributed by atoms with van der Waals surface area (Å²) in [7, 11) is 0. The molecule has 0 saturated heterocycles. The van der Waals surface area contributed by atoms with Crippen molar-refractivity contribution >= 4 is 51.1 Å². The number of nitrogens with one attached hydrogen (secondary N) is 2. The second-order valence-electron chi connectivity index (χ2n) is 4.72. The van der Waals surface area contributed by atoms with Crippen LogP contribution in [-0.2, 0) is 15.6 Å². The molecule has 2 N–H and O–H groups in total. The van der Waals surface area contributed by atoms with Crippen LogP contribution in [0.5, 0.6) is 0 Å². The Labute approximate surface area is 147 Å². The molecule has 1 heterocycles. The van der Waals surface area contributed by atoms with E-state index in [1.54, 1.807) is 6.07 Å². The highest BCUT2D eigenvalue weighted by Gasteiger charge is 2.23. The van der Waals surface area contributed by atoms with Crippen LogP contribution in [0.15, 0.2) is 35.5 Å². The quantitative estimate of drug-likeness (QED) is 0.706. The SMILES string of the molecule is Cc1cc(I)ccc1Nc1c(C2=NOS(=O)N2)ccc(F)c1F. The Morgan fingerprint density at radius 3 is 2.74 bits per heavy atom. The van der Waals surface area contributed by atoms with Gasteiger partial charge < -0.3 is 5.32 Å². The molecular weight excluding hydrogens is 439 g/mol. The minimum atomic E-state index is -1.83. The van der Waals surface area contributed by atoms with Crippen molar-refractivity contribution in [1.82, 2.24) is 4.72 Å². The minimum Gasteiger partial charge on any atom is -0.352 e. The number of oxime groups is 1. The van der Waals surface area contributed by atoms with Gasteiger partial charge in [0.1, 0.15) is 0 Å². The second kappa shape index (κ2) is 6.40. The molecule has 0 spiro atoms. The molecule has 1 aliphatic heterocycles. The third-order valence-corrected chi connectivity index (χ3v) is 4.42. The van der Waals surface area contributed by atoms with E-state index in [1.807, 2.05) is 19.1 Å². The fraction of sp³-hybridized carbons (Fsp3) is 0.0714. The summed E-state index contributed by atoms with van der Waals surface area (Å²) in [6.45, 7) is 1.85. The van der Waals surface area contributed by atoms with E-state index in [0.717, 1.165) is 15.2 Å². The lowest BCUT2D eigenvalue weighted by Gasteiger charge is -2.14. The average molecular weight is 449 g/mol. The number of hydrogen-bond acceptors (Lipinski definition) is 4. The Balaban J connectivity index is 2.06. The number of anilines is 2. The topological polar surface area (TPSA) is 62.7 Å². The molecule has 2 aromatic carbocycles. The summed E-state index contributed by atoms with van der Waals surface area (Å²) in [5.41, 5.74) is 1.60. The summed E-state index contributed by atoms with van der Waals surface area (Å²) >= 11 is 0.337. The summed E-state index contributed by atoms with van der Waals surface area (Å²) in [5, 5.41) is 6.45. The van der Waals surface area contributed by atoms with Crippen LogP contribution < -0.4 is 10.0 Å². The highest BCUT2D eigenvalue weighted by Crippen LogP contribution is 2.29. The van der Waals surface area contributed by atoms with Gasteiger partial charge in [-0.05, 0) is 70.6 Å². The first-order valence-corrected chi connectivity index (χ1v) is 8.56. The van der Waals surface area contributed by atoms with Gasteiger partial charge in [-0.1, -0.05) is 0 Å². The number of amidine groups is 1. The molecule has 3 rings (SSSR count). The number of benzene rings is 2. The summed E-state index contributed by atoms with van der Waals surface area (Å²) < 4.78 is 47.1. The first-order chi connectivity index (χ1) is 11.0. The van der Waals surface area contributed by atoms with E-state index in [1.165, 1.54) is 6.07 Å². The highest BCUT2D eigenvalue weighted by atomic mass is 127. The molecule has 5 nitrogen and oxygen atoms in total. The fourth-order valence-electron chi connectivity index (χ4n) is 2.06. The van der Waals surface area contributed by atoms with Crippen molar-refractivity contribution in [2.45, 2.75) is 6.92 Å². The van der Waals surface area contributed by atoms with E-state index >= 15 is 0 Å². The Kier molecular flexibility index (Phi) is 4.48. The molecule has 9 heteroatoms. The van der Waals surface area contributed by atoms with Crippen LogP contribution in [0.4, 0.5) is 20.2 Å². The smallest absolute Gasteiger partial charge is 0.338 e. The van der Waals surface area contributed by atoms with Gasteiger partial charge in [-0.3, -0.25) is 9.01 Å². The molecular formula is C14H10F2IN3O2S. The molecule has 1 unspecified atom stereocenters. The normalized spacial score (nSPS) is 16.5. The van der Waals surface area contributed by atoms with Gasteiger partial charge in [0.2, 0.25) is 0 Å². The van der Waals surface area contributed by atoms with E-state index in [9.17, 15) is 13.0 Å². The van der Waals surface area contributed by atoms with E-state index in [0.29, 0.717) is 5.69 Å². The first kappa shape index (κ1) is 16.1. The maximum absolute atomic E-state index is 14.3. The molecule has 0 radical (unpaired) electrons. The van der Waals surface area contributed by atoms with Gasteiger partial charge in [0.05, 0.1) is 5.69 Å². The molecule has 0 saturated carbocycles. The number of aryl methyl sites for hydroxylation is 1. The zero-order chi connectivity index (χ0) is 16.6. The van der Waals surface area contributed by atoms with E-state index in [2.05, 4.69) is 42.1 Å². The molecule has 0 aliphatic carbocycles. The van der Waals surface area contributed by atoms with Gasteiger partial charge in [0.15, 0.2) is 17.5 Å². The first-order valence-electron chi connectivity index (χ1n) is 6.41. The number of hydrogen-bond donors (Lipinski definition) is 2. The van der Waals surface area contributed by atoms with E-state index in [-0.39, 0.29) is 17.1 Å². The molecule has 2 aromatic rings. The van der Waals surface area contributed by atoms with Crippen molar-refractivity contribution in [3.8, 4) is 0 Å². The van der Waals surface area contributed by atoms with Crippen molar-refractivity contribution < 1.29 is 17.3 Å². The average Bonchev–Trinajstić information content (AvgIpc) is 2.93. The van der Waals surface area contributed by atoms with Crippen LogP contribution in [-0.4, -0.2) is 10.0 Å². The third-order valence-electron chi connectivity index (χ3n) is 3.17. The van der Waals surface area contributed by atoms with Crippen molar-refractivity contribution in [2.24, 2.45) is 5.16 Å². The van der Waals surface area contributed by atoms with Crippen LogP contribution in [0, 0.1) is 22.1 Å². The van der Waals surface area contributed by atoms with Crippen LogP contribution >= 0.6 is 22.6 Å². The van der Waals surface area contributed by atoms with Crippen molar-refractivity contribution in [3.63, 3.8) is 0 Å². The predicted octanol–water partition coefficient (Wildman–Crippen LogP) is 3.48. The van der Waals surface area contributed by atoms with Crippen LogP contribution in [0.25, 0.3) is 0 Å². The largest absolute Gasteiger partial charge is 0.352 e. The summed E-state index contributed by atoms with van der Waals surface area (Å²) in [5.74, 6) is -1.99. The van der Waals surface area contributed by atoms with Gasteiger partial charge >= 0.3 is 11.3 Å². The summed E-state index contributed by atoms with van der Waals surface area (Å²) in [6, 6.07) is 7.83. The molecule has 23 heavy (non-hydrogen) atoms. The van der Waals surface area contributed by atoms with Crippen molar-refractivity contribution in [2.75, 3.05) is 5.32 Å². The zero-order valence-electron chi connectivity index (χ0n) is 11.7. The van der Waals surface area contributed by atoms with Crippen molar-refractivity contribution in [3.05, 3.63) is 56.7 Å². The zero-order valence-corrected chi connectivity index (χ0v) is 14.7. The van der Waals surface area contributed by atoms with Crippen LogP contribution in [0.1, 0.15) is 11.1 Å². The lowest BCUT2D eigenvalue weighted by atomic mass is 10.1. The maximum atomic E-state index is 14.3. The molecule has 0 aromatic heterocycles. The number of rotatable bonds is 3. The van der Waals surface area contributed by atoms with Gasteiger partial charge in [-0.2, -0.15) is 4.21 Å². The molecule has 1 aliphatic rings. The minimum absolute atomic E-state index is 0.0629. The van der Waals surface area contributed by atoms with E-state index < -0.39 is 22.9 Å². The summed E-state index contributed by atoms with van der Waals surface area (Å²) in [6.07, 6.45) is 0. The summed E-state index contributed by atoms with van der Waals surface area (Å²) in [4.78, 5) is 0. The Morgan fingerprint density at radius 2 is 2.09 bits per heavy atom. The predicted molar refractivity (Wildman–Crippen MR) is 92.4 cm³/mol. The monoisotopic (exact) mass is 449 g/mol. The lowest BCUT2D eigenvalue weighted by Crippen LogP contribution is -2.22. The number of halogens is 3. The molecule has 0 amide bonds. The second-order valence-corrected chi connectivity index (χ2v) is 6.79. The van der Waals surface area contributed by atoms with Gasteiger partial charge in [-0.15, -0.1) is 0 Å². The fourth-order valence-corrected chi connectivity index (χ4v) is 3.20. The van der Waals surface area contributed by atoms with Gasteiger partial charge in [-0.25, -0.2) is 8.78 Å². The van der Waals surface area contributed by atoms with E-state index in [4.69, 9.17) is 0 Å². The van der Waals surface area contributed by atoms with Crippen molar-refractivity contribution in [1.29, 1.82) is 0 Å². The molecule has 0 bridgehead atoms. The Morgan fingerprint density at radius 1 is 1.30 bits per heavy atom. The Hall–Kier alpha value is -1.75. The van der Waals surface area contributed by atoms with Crippen LogP contribution in [0.3, 0.4) is 0 Å².